The summed E-state index contributed by atoms with van der Waals surface area (Å²) in [5, 5.41) is 0.233. The number of nitrogens with zero attached hydrogens (tertiary/aromatic N) is 3. The molecular formula is C27H19F2N3O3S3. The van der Waals surface area contributed by atoms with Crippen molar-refractivity contribution in [3.05, 3.63) is 104 Å². The number of fused-ring (bicyclic) bond motifs is 1. The third kappa shape index (κ3) is 5.17. The third-order valence-electron chi connectivity index (χ3n) is 5.57. The fourth-order valence-corrected chi connectivity index (χ4v) is 5.99. The summed E-state index contributed by atoms with van der Waals surface area (Å²) in [4.78, 5) is 31.3. The number of ether oxygens (including phenoxy) is 1. The average molecular weight is 568 g/mol. The fourth-order valence-electron chi connectivity index (χ4n) is 3.79. The SMILES string of the molecule is CCOc1ccc(-n2c(=S)sc3c(=O)n(-c4ccc(F)cc4)c(SCC(=O)c4ccc(F)cc4)nc32)cc1. The highest BCUT2D eigenvalue weighted by molar-refractivity contribution is 7.99. The van der Waals surface area contributed by atoms with Crippen LogP contribution in [-0.2, 0) is 0 Å². The van der Waals surface area contributed by atoms with Gasteiger partial charge in [-0.1, -0.05) is 23.1 Å². The Kier molecular flexibility index (Phi) is 7.50. The molecular weight excluding hydrogens is 549 g/mol. The van der Waals surface area contributed by atoms with Crippen LogP contribution in [0.2, 0.25) is 0 Å². The summed E-state index contributed by atoms with van der Waals surface area (Å²) in [6.45, 7) is 2.42. The molecule has 11 heteroatoms. The molecule has 5 rings (SSSR count). The molecule has 0 spiro atoms. The van der Waals surface area contributed by atoms with E-state index in [1.54, 1.807) is 16.7 Å². The van der Waals surface area contributed by atoms with Crippen LogP contribution in [0.3, 0.4) is 0 Å². The largest absolute Gasteiger partial charge is 0.494 e. The molecule has 0 fully saturated rings. The fraction of sp³-hybridized carbons (Fsp3) is 0.111. The van der Waals surface area contributed by atoms with E-state index in [0.717, 1.165) is 23.1 Å². The number of carbonyl (C=O) groups is 1. The van der Waals surface area contributed by atoms with E-state index < -0.39 is 11.6 Å². The van der Waals surface area contributed by atoms with Gasteiger partial charge in [-0.2, -0.15) is 0 Å². The van der Waals surface area contributed by atoms with Crippen LogP contribution in [-0.4, -0.2) is 32.3 Å². The second-order valence-electron chi connectivity index (χ2n) is 8.01. The molecule has 0 atom stereocenters. The minimum Gasteiger partial charge on any atom is -0.494 e. The zero-order chi connectivity index (χ0) is 26.8. The maximum absolute atomic E-state index is 13.7. The van der Waals surface area contributed by atoms with Gasteiger partial charge in [0.05, 0.1) is 18.0 Å². The second-order valence-corrected chi connectivity index (χ2v) is 10.6. The molecule has 0 N–H and O–H groups in total. The maximum atomic E-state index is 13.7. The molecule has 3 aromatic carbocycles. The lowest BCUT2D eigenvalue weighted by Gasteiger charge is -2.13. The molecule has 0 bridgehead atoms. The summed E-state index contributed by atoms with van der Waals surface area (Å²) in [6, 6.07) is 17.9. The molecule has 0 aliphatic rings. The number of thioether (sulfide) groups is 1. The van der Waals surface area contributed by atoms with Crippen molar-refractivity contribution in [3.8, 4) is 17.1 Å². The summed E-state index contributed by atoms with van der Waals surface area (Å²) in [5.41, 5.74) is 1.40. The topological polar surface area (TPSA) is 66.1 Å². The molecule has 0 saturated carbocycles. The molecule has 2 heterocycles. The standard InChI is InChI=1S/C27H19F2N3O3S3/c1-2-35-21-13-11-19(12-14-21)31-24-23(38-27(31)36)25(34)32(20-9-7-18(29)8-10-20)26(30-24)37-15-22(33)16-3-5-17(28)6-4-16/h3-14H,2,15H2,1H3. The third-order valence-corrected chi connectivity index (χ3v) is 7.86. The Hall–Kier alpha value is -3.67. The first-order valence-corrected chi connectivity index (χ1v) is 13.7. The van der Waals surface area contributed by atoms with Crippen LogP contribution in [0.15, 0.2) is 82.7 Å². The number of ketones is 1. The second kappa shape index (κ2) is 11.0. The molecule has 0 saturated heterocycles. The van der Waals surface area contributed by atoms with Gasteiger partial charge in [-0.3, -0.25) is 18.7 Å². The van der Waals surface area contributed by atoms with Crippen molar-refractivity contribution in [3.63, 3.8) is 0 Å². The molecule has 5 aromatic rings. The van der Waals surface area contributed by atoms with Crippen LogP contribution in [0, 0.1) is 15.6 Å². The van der Waals surface area contributed by atoms with Crippen LogP contribution in [0.5, 0.6) is 5.75 Å². The number of hydrogen-bond acceptors (Lipinski definition) is 7. The van der Waals surface area contributed by atoms with Crippen molar-refractivity contribution in [1.82, 2.24) is 14.1 Å². The smallest absolute Gasteiger partial charge is 0.278 e. The summed E-state index contributed by atoms with van der Waals surface area (Å²) >= 11 is 7.78. The van der Waals surface area contributed by atoms with Gasteiger partial charge < -0.3 is 4.74 Å². The van der Waals surface area contributed by atoms with E-state index in [1.807, 2.05) is 19.1 Å². The van der Waals surface area contributed by atoms with Crippen LogP contribution in [0.25, 0.3) is 21.7 Å². The van der Waals surface area contributed by atoms with Crippen LogP contribution < -0.4 is 10.3 Å². The first kappa shape index (κ1) is 26.0. The van der Waals surface area contributed by atoms with E-state index in [4.69, 9.17) is 21.9 Å². The van der Waals surface area contributed by atoms with E-state index >= 15 is 0 Å². The molecule has 0 amide bonds. The van der Waals surface area contributed by atoms with Crippen LogP contribution in [0.1, 0.15) is 17.3 Å². The van der Waals surface area contributed by atoms with Gasteiger partial charge in [-0.15, -0.1) is 0 Å². The summed E-state index contributed by atoms with van der Waals surface area (Å²) < 4.78 is 36.2. The summed E-state index contributed by atoms with van der Waals surface area (Å²) in [5.74, 6) is -0.511. The predicted octanol–water partition coefficient (Wildman–Crippen LogP) is 6.62. The molecule has 0 unspecified atom stereocenters. The van der Waals surface area contributed by atoms with E-state index in [1.165, 1.54) is 53.1 Å². The molecule has 0 aliphatic carbocycles. The highest BCUT2D eigenvalue weighted by atomic mass is 32.2. The first-order chi connectivity index (χ1) is 18.4. The number of carbonyl (C=O) groups excluding carboxylic acids is 1. The van der Waals surface area contributed by atoms with E-state index in [0.29, 0.717) is 43.6 Å². The van der Waals surface area contributed by atoms with Gasteiger partial charge in [-0.05, 0) is 91.9 Å². The number of halogens is 2. The van der Waals surface area contributed by atoms with Crippen molar-refractivity contribution in [2.24, 2.45) is 0 Å². The lowest BCUT2D eigenvalue weighted by molar-refractivity contribution is 0.102. The molecule has 0 radical (unpaired) electrons. The van der Waals surface area contributed by atoms with Crippen LogP contribution in [0.4, 0.5) is 8.78 Å². The van der Waals surface area contributed by atoms with Crippen molar-refractivity contribution < 1.29 is 18.3 Å². The Morgan fingerprint density at radius 3 is 2.16 bits per heavy atom. The average Bonchev–Trinajstić information content (AvgIpc) is 3.25. The summed E-state index contributed by atoms with van der Waals surface area (Å²) in [6.07, 6.45) is 0. The summed E-state index contributed by atoms with van der Waals surface area (Å²) in [7, 11) is 0. The van der Waals surface area contributed by atoms with Crippen molar-refractivity contribution >= 4 is 51.4 Å². The quantitative estimate of drug-likeness (QED) is 0.0909. The monoisotopic (exact) mass is 567 g/mol. The van der Waals surface area contributed by atoms with Gasteiger partial charge in [0.15, 0.2) is 20.5 Å². The van der Waals surface area contributed by atoms with Gasteiger partial charge in [-0.25, -0.2) is 13.8 Å². The van der Waals surface area contributed by atoms with Crippen molar-refractivity contribution in [2.45, 2.75) is 12.1 Å². The molecule has 38 heavy (non-hydrogen) atoms. The lowest BCUT2D eigenvalue weighted by atomic mass is 10.1. The normalized spacial score (nSPS) is 11.1. The molecule has 192 valence electrons. The molecule has 2 aromatic heterocycles. The van der Waals surface area contributed by atoms with Gasteiger partial charge >= 0.3 is 0 Å². The van der Waals surface area contributed by atoms with Gasteiger partial charge in [0, 0.05) is 11.3 Å². The Bertz CT molecular complexity index is 1740. The van der Waals surface area contributed by atoms with Gasteiger partial charge in [0.25, 0.3) is 5.56 Å². The van der Waals surface area contributed by atoms with Crippen molar-refractivity contribution in [1.29, 1.82) is 0 Å². The Morgan fingerprint density at radius 1 is 0.947 bits per heavy atom. The Morgan fingerprint density at radius 2 is 1.53 bits per heavy atom. The van der Waals surface area contributed by atoms with Gasteiger partial charge in [0.2, 0.25) is 0 Å². The number of rotatable bonds is 8. The van der Waals surface area contributed by atoms with E-state index in [9.17, 15) is 18.4 Å². The van der Waals surface area contributed by atoms with E-state index in [2.05, 4.69) is 0 Å². The van der Waals surface area contributed by atoms with Crippen molar-refractivity contribution in [2.75, 3.05) is 12.4 Å². The molecule has 6 nitrogen and oxygen atoms in total. The minimum absolute atomic E-state index is 0.0568. The van der Waals surface area contributed by atoms with Crippen LogP contribution >= 0.6 is 35.3 Å². The number of benzene rings is 3. The molecule has 0 aliphatic heterocycles. The van der Waals surface area contributed by atoms with E-state index in [-0.39, 0.29) is 22.3 Å². The first-order valence-electron chi connectivity index (χ1n) is 11.4. The highest BCUT2D eigenvalue weighted by Crippen LogP contribution is 2.28. The predicted molar refractivity (Wildman–Crippen MR) is 148 cm³/mol. The number of aromatic nitrogens is 3. The zero-order valence-electron chi connectivity index (χ0n) is 19.9. The minimum atomic E-state index is -0.450. The lowest BCUT2D eigenvalue weighted by Crippen LogP contribution is -2.22. The number of thiazole rings is 1. The Balaban J connectivity index is 1.63. The van der Waals surface area contributed by atoms with Gasteiger partial charge in [0.1, 0.15) is 22.1 Å². The number of Topliss-reactive ketones (excluding diaryl/α,β-unsaturated/α-hetero) is 1. The Labute approximate surface area is 229 Å². The highest BCUT2D eigenvalue weighted by Gasteiger charge is 2.20. The zero-order valence-corrected chi connectivity index (χ0v) is 22.3. The number of hydrogen-bond donors (Lipinski definition) is 0. The maximum Gasteiger partial charge on any atom is 0.278 e.